The van der Waals surface area contributed by atoms with Crippen LogP contribution in [-0.4, -0.2) is 50.2 Å². The number of hydrogen-bond acceptors (Lipinski definition) is 7. The molecule has 0 saturated carbocycles. The van der Waals surface area contributed by atoms with Crippen molar-refractivity contribution >= 4 is 11.6 Å². The standard InChI is InChI=1S/C26H26N2O7/c1-32-23-7-5-4-6-20(23)26(29)27-13-12-17-14-24(33-2)25(34-3)15-21(17)22(27)16-35-19-10-8-18(9-11-19)28(30)31/h4-11,14-15,22H,12-13,16H2,1-3H3/t22-/m1/s1. The average Bonchev–Trinajstić information content (AvgIpc) is 2.90. The molecule has 0 saturated heterocycles. The molecule has 1 atom stereocenters. The zero-order valence-corrected chi connectivity index (χ0v) is 19.7. The summed E-state index contributed by atoms with van der Waals surface area (Å²) in [5.74, 6) is 1.95. The summed E-state index contributed by atoms with van der Waals surface area (Å²) in [4.78, 5) is 25.9. The third-order valence-corrected chi connectivity index (χ3v) is 6.06. The Balaban J connectivity index is 1.70. The number of nitro groups is 1. The number of para-hydroxylation sites is 1. The van der Waals surface area contributed by atoms with Crippen LogP contribution in [-0.2, 0) is 6.42 Å². The van der Waals surface area contributed by atoms with Crippen LogP contribution in [0.5, 0.6) is 23.0 Å². The Morgan fingerprint density at radius 1 is 0.971 bits per heavy atom. The minimum absolute atomic E-state index is 0.0230. The molecule has 3 aromatic carbocycles. The summed E-state index contributed by atoms with van der Waals surface area (Å²) in [6.45, 7) is 0.606. The lowest BCUT2D eigenvalue weighted by molar-refractivity contribution is -0.384. The Labute approximate surface area is 202 Å². The van der Waals surface area contributed by atoms with E-state index in [1.807, 2.05) is 18.2 Å². The van der Waals surface area contributed by atoms with Gasteiger partial charge in [0.2, 0.25) is 0 Å². The third-order valence-electron chi connectivity index (χ3n) is 6.06. The van der Waals surface area contributed by atoms with Gasteiger partial charge in [0.1, 0.15) is 18.1 Å². The second-order valence-electron chi connectivity index (χ2n) is 7.93. The molecule has 1 amide bonds. The van der Waals surface area contributed by atoms with E-state index in [2.05, 4.69) is 0 Å². The van der Waals surface area contributed by atoms with Crippen molar-refractivity contribution in [3.05, 3.63) is 87.5 Å². The fourth-order valence-electron chi connectivity index (χ4n) is 4.27. The largest absolute Gasteiger partial charge is 0.496 e. The fraction of sp³-hybridized carbons (Fsp3) is 0.269. The highest BCUT2D eigenvalue weighted by Crippen LogP contribution is 2.39. The lowest BCUT2D eigenvalue weighted by atomic mass is 9.91. The van der Waals surface area contributed by atoms with Crippen LogP contribution in [0.15, 0.2) is 60.7 Å². The molecule has 9 heteroatoms. The third kappa shape index (κ3) is 4.84. The molecule has 1 aliphatic heterocycles. The first kappa shape index (κ1) is 23.9. The van der Waals surface area contributed by atoms with Crippen LogP contribution < -0.4 is 18.9 Å². The lowest BCUT2D eigenvalue weighted by Crippen LogP contribution is -2.42. The zero-order valence-electron chi connectivity index (χ0n) is 19.7. The number of fused-ring (bicyclic) bond motifs is 1. The summed E-state index contributed by atoms with van der Waals surface area (Å²) in [7, 11) is 4.68. The van der Waals surface area contributed by atoms with Crippen molar-refractivity contribution in [2.24, 2.45) is 0 Å². The van der Waals surface area contributed by atoms with Crippen LogP contribution in [0, 0.1) is 10.1 Å². The van der Waals surface area contributed by atoms with Crippen molar-refractivity contribution in [1.29, 1.82) is 0 Å². The van der Waals surface area contributed by atoms with E-state index in [1.54, 1.807) is 49.5 Å². The molecule has 4 rings (SSSR count). The minimum atomic E-state index is -0.464. The second-order valence-corrected chi connectivity index (χ2v) is 7.93. The van der Waals surface area contributed by atoms with Gasteiger partial charge >= 0.3 is 0 Å². The predicted octanol–water partition coefficient (Wildman–Crippen LogP) is 4.44. The molecule has 0 unspecified atom stereocenters. The number of benzene rings is 3. The van der Waals surface area contributed by atoms with Gasteiger partial charge in [0.25, 0.3) is 11.6 Å². The molecule has 0 spiro atoms. The number of amides is 1. The Kier molecular flexibility index (Phi) is 7.05. The number of nitrogens with zero attached hydrogens (tertiary/aromatic N) is 2. The Morgan fingerprint density at radius 3 is 2.29 bits per heavy atom. The normalized spacial score (nSPS) is 14.6. The number of hydrogen-bond donors (Lipinski definition) is 0. The molecule has 1 heterocycles. The molecule has 0 fully saturated rings. The zero-order chi connectivity index (χ0) is 24.9. The van der Waals surface area contributed by atoms with E-state index in [9.17, 15) is 14.9 Å². The highest BCUT2D eigenvalue weighted by atomic mass is 16.6. The van der Waals surface area contributed by atoms with E-state index >= 15 is 0 Å². The van der Waals surface area contributed by atoms with Crippen LogP contribution in [0.1, 0.15) is 27.5 Å². The number of methoxy groups -OCH3 is 3. The van der Waals surface area contributed by atoms with Crippen LogP contribution in [0.3, 0.4) is 0 Å². The van der Waals surface area contributed by atoms with E-state index < -0.39 is 11.0 Å². The van der Waals surface area contributed by atoms with Crippen molar-refractivity contribution in [3.63, 3.8) is 0 Å². The maximum absolute atomic E-state index is 13.7. The van der Waals surface area contributed by atoms with Crippen molar-refractivity contribution in [2.75, 3.05) is 34.5 Å². The van der Waals surface area contributed by atoms with Gasteiger partial charge < -0.3 is 23.8 Å². The molecule has 182 valence electrons. The summed E-state index contributed by atoms with van der Waals surface area (Å²) < 4.78 is 22.4. The van der Waals surface area contributed by atoms with Gasteiger partial charge in [0, 0.05) is 18.7 Å². The summed E-state index contributed by atoms with van der Waals surface area (Å²) in [5, 5.41) is 11.0. The highest BCUT2D eigenvalue weighted by molar-refractivity contribution is 5.97. The monoisotopic (exact) mass is 478 g/mol. The topological polar surface area (TPSA) is 100 Å². The molecule has 0 aliphatic carbocycles. The molecule has 3 aromatic rings. The van der Waals surface area contributed by atoms with Gasteiger partial charge in [-0.25, -0.2) is 0 Å². The van der Waals surface area contributed by atoms with Gasteiger partial charge in [-0.05, 0) is 53.9 Å². The van der Waals surface area contributed by atoms with Crippen molar-refractivity contribution in [2.45, 2.75) is 12.5 Å². The number of nitro benzene ring substituents is 1. The fourth-order valence-corrected chi connectivity index (χ4v) is 4.27. The molecular formula is C26H26N2O7. The number of carbonyl (C=O) groups excluding carboxylic acids is 1. The van der Waals surface area contributed by atoms with E-state index in [0.29, 0.717) is 41.5 Å². The van der Waals surface area contributed by atoms with Gasteiger partial charge in [0.15, 0.2) is 11.5 Å². The molecule has 1 aliphatic rings. The van der Waals surface area contributed by atoms with Gasteiger partial charge in [-0.2, -0.15) is 0 Å². The van der Waals surface area contributed by atoms with E-state index in [4.69, 9.17) is 18.9 Å². The SMILES string of the molecule is COc1cc2c(cc1OC)[C@@H](COc1ccc([N+](=O)[O-])cc1)N(C(=O)c1ccccc1OC)CC2. The second kappa shape index (κ2) is 10.3. The molecule has 0 N–H and O–H groups in total. The van der Waals surface area contributed by atoms with E-state index in [1.165, 1.54) is 19.2 Å². The number of ether oxygens (including phenoxy) is 4. The van der Waals surface area contributed by atoms with E-state index in [-0.39, 0.29) is 18.2 Å². The summed E-state index contributed by atoms with van der Waals surface area (Å²) in [5.41, 5.74) is 2.35. The van der Waals surface area contributed by atoms with Gasteiger partial charge in [0.05, 0.1) is 37.9 Å². The van der Waals surface area contributed by atoms with Gasteiger partial charge in [-0.1, -0.05) is 12.1 Å². The van der Waals surface area contributed by atoms with Crippen molar-refractivity contribution < 1.29 is 28.7 Å². The Morgan fingerprint density at radius 2 is 1.63 bits per heavy atom. The first-order chi connectivity index (χ1) is 17.0. The Hall–Kier alpha value is -4.27. The summed E-state index contributed by atoms with van der Waals surface area (Å²) in [6, 6.07) is 16.3. The van der Waals surface area contributed by atoms with E-state index in [0.717, 1.165) is 11.1 Å². The first-order valence-electron chi connectivity index (χ1n) is 11.0. The van der Waals surface area contributed by atoms with Crippen LogP contribution in [0.4, 0.5) is 5.69 Å². The maximum atomic E-state index is 13.7. The first-order valence-corrected chi connectivity index (χ1v) is 11.0. The van der Waals surface area contributed by atoms with Crippen LogP contribution in [0.25, 0.3) is 0 Å². The molecular weight excluding hydrogens is 452 g/mol. The molecule has 0 aromatic heterocycles. The van der Waals surface area contributed by atoms with Gasteiger partial charge in [-0.3, -0.25) is 14.9 Å². The lowest BCUT2D eigenvalue weighted by Gasteiger charge is -2.38. The number of carbonyl (C=O) groups is 1. The predicted molar refractivity (Wildman–Crippen MR) is 129 cm³/mol. The number of non-ortho nitro benzene ring substituents is 1. The molecule has 35 heavy (non-hydrogen) atoms. The quantitative estimate of drug-likeness (QED) is 0.349. The Bertz CT molecular complexity index is 1230. The minimum Gasteiger partial charge on any atom is -0.496 e. The van der Waals surface area contributed by atoms with Crippen molar-refractivity contribution in [1.82, 2.24) is 4.90 Å². The van der Waals surface area contributed by atoms with Crippen molar-refractivity contribution in [3.8, 4) is 23.0 Å². The van der Waals surface area contributed by atoms with Crippen LogP contribution in [0.2, 0.25) is 0 Å². The molecule has 0 bridgehead atoms. The number of rotatable bonds is 8. The smallest absolute Gasteiger partial charge is 0.269 e. The van der Waals surface area contributed by atoms with Crippen LogP contribution >= 0.6 is 0 Å². The molecule has 0 radical (unpaired) electrons. The highest BCUT2D eigenvalue weighted by Gasteiger charge is 2.34. The maximum Gasteiger partial charge on any atom is 0.269 e. The summed E-state index contributed by atoms with van der Waals surface area (Å²) >= 11 is 0. The molecule has 9 nitrogen and oxygen atoms in total. The summed E-state index contributed by atoms with van der Waals surface area (Å²) in [6.07, 6.45) is 0.630. The average molecular weight is 479 g/mol. The van der Waals surface area contributed by atoms with Gasteiger partial charge in [-0.15, -0.1) is 0 Å².